The molecule has 2 aromatic carbocycles. The Morgan fingerprint density at radius 2 is 1.74 bits per heavy atom. The third-order valence-electron chi connectivity index (χ3n) is 2.51. The molecule has 98 valence electrons. The zero-order chi connectivity index (χ0) is 13.8. The Bertz CT molecular complexity index is 586. The van der Waals surface area contributed by atoms with E-state index in [-0.39, 0.29) is 5.91 Å². The molecule has 0 fully saturated rings. The number of rotatable bonds is 3. The molecule has 5 heteroatoms. The van der Waals surface area contributed by atoms with E-state index >= 15 is 0 Å². The van der Waals surface area contributed by atoms with E-state index in [0.29, 0.717) is 15.7 Å². The highest BCUT2D eigenvalue weighted by Gasteiger charge is 2.18. The molecular weight excluding hydrogens is 305 g/mol. The third-order valence-corrected chi connectivity index (χ3v) is 3.51. The van der Waals surface area contributed by atoms with E-state index in [2.05, 4.69) is 5.32 Å². The van der Waals surface area contributed by atoms with Gasteiger partial charge in [0.1, 0.15) is 5.38 Å². The number of benzene rings is 2. The fourth-order valence-corrected chi connectivity index (χ4v) is 2.22. The van der Waals surface area contributed by atoms with Crippen LogP contribution in [0.4, 0.5) is 5.69 Å². The molecule has 1 amide bonds. The Balaban J connectivity index is 2.13. The van der Waals surface area contributed by atoms with Crippen molar-refractivity contribution in [1.29, 1.82) is 0 Å². The van der Waals surface area contributed by atoms with Gasteiger partial charge in [-0.15, -0.1) is 11.6 Å². The lowest BCUT2D eigenvalue weighted by molar-refractivity contribution is -0.116. The summed E-state index contributed by atoms with van der Waals surface area (Å²) in [6.45, 7) is 0. The third kappa shape index (κ3) is 3.63. The second-order valence-corrected chi connectivity index (χ2v) is 5.17. The smallest absolute Gasteiger partial charge is 0.247 e. The van der Waals surface area contributed by atoms with Gasteiger partial charge in [-0.3, -0.25) is 4.79 Å². The van der Waals surface area contributed by atoms with Gasteiger partial charge in [0.25, 0.3) is 0 Å². The highest BCUT2D eigenvalue weighted by atomic mass is 35.5. The van der Waals surface area contributed by atoms with Gasteiger partial charge < -0.3 is 5.32 Å². The molecule has 0 aromatic heterocycles. The van der Waals surface area contributed by atoms with Gasteiger partial charge in [-0.1, -0.05) is 53.5 Å². The molecule has 0 heterocycles. The van der Waals surface area contributed by atoms with E-state index in [1.165, 1.54) is 0 Å². The highest BCUT2D eigenvalue weighted by Crippen LogP contribution is 2.28. The van der Waals surface area contributed by atoms with Crippen molar-refractivity contribution in [3.05, 3.63) is 64.1 Å². The number of hydrogen-bond acceptors (Lipinski definition) is 1. The van der Waals surface area contributed by atoms with Gasteiger partial charge in [0.05, 0.1) is 10.7 Å². The van der Waals surface area contributed by atoms with E-state index in [1.807, 2.05) is 18.2 Å². The Kier molecular flexibility index (Phi) is 4.70. The lowest BCUT2D eigenvalue weighted by Crippen LogP contribution is -2.17. The average molecular weight is 315 g/mol. The molecule has 1 unspecified atom stereocenters. The van der Waals surface area contributed by atoms with Crippen molar-refractivity contribution in [1.82, 2.24) is 0 Å². The standard InChI is InChI=1S/C14H10Cl3NO/c15-10-6-7-12(11(16)8-10)18-14(19)13(17)9-4-2-1-3-5-9/h1-8,13H,(H,18,19). The zero-order valence-corrected chi connectivity index (χ0v) is 12.0. The fraction of sp³-hybridized carbons (Fsp3) is 0.0714. The number of carbonyl (C=O) groups is 1. The van der Waals surface area contributed by atoms with E-state index in [9.17, 15) is 4.79 Å². The van der Waals surface area contributed by atoms with Crippen LogP contribution in [0, 0.1) is 0 Å². The SMILES string of the molecule is O=C(Nc1ccc(Cl)cc1Cl)C(Cl)c1ccccc1. The van der Waals surface area contributed by atoms with Crippen LogP contribution in [0.3, 0.4) is 0 Å². The van der Waals surface area contributed by atoms with Gasteiger partial charge in [0.15, 0.2) is 0 Å². The lowest BCUT2D eigenvalue weighted by atomic mass is 10.1. The topological polar surface area (TPSA) is 29.1 Å². The molecule has 0 bridgehead atoms. The number of alkyl halides is 1. The van der Waals surface area contributed by atoms with Crippen LogP contribution >= 0.6 is 34.8 Å². The number of nitrogens with one attached hydrogen (secondary N) is 1. The van der Waals surface area contributed by atoms with E-state index in [4.69, 9.17) is 34.8 Å². The van der Waals surface area contributed by atoms with Crippen molar-refractivity contribution in [3.8, 4) is 0 Å². The molecule has 2 aromatic rings. The molecular formula is C14H10Cl3NO. The van der Waals surface area contributed by atoms with Gasteiger partial charge in [-0.2, -0.15) is 0 Å². The summed E-state index contributed by atoms with van der Waals surface area (Å²) in [5, 5.41) is 2.78. The quantitative estimate of drug-likeness (QED) is 0.801. The molecule has 0 radical (unpaired) electrons. The summed E-state index contributed by atoms with van der Waals surface area (Å²) < 4.78 is 0. The van der Waals surface area contributed by atoms with E-state index < -0.39 is 5.38 Å². The van der Waals surface area contributed by atoms with Gasteiger partial charge in [-0.25, -0.2) is 0 Å². The van der Waals surface area contributed by atoms with Gasteiger partial charge in [0.2, 0.25) is 5.91 Å². The Morgan fingerprint density at radius 1 is 1.05 bits per heavy atom. The van der Waals surface area contributed by atoms with Crippen LogP contribution in [-0.4, -0.2) is 5.91 Å². The molecule has 1 atom stereocenters. The average Bonchev–Trinajstić information content (AvgIpc) is 2.42. The molecule has 0 spiro atoms. The maximum Gasteiger partial charge on any atom is 0.247 e. The minimum absolute atomic E-state index is 0.336. The molecule has 1 N–H and O–H groups in total. The second kappa shape index (κ2) is 6.29. The number of amides is 1. The summed E-state index contributed by atoms with van der Waals surface area (Å²) in [5.41, 5.74) is 1.21. The fourth-order valence-electron chi connectivity index (χ4n) is 1.56. The maximum absolute atomic E-state index is 12.0. The van der Waals surface area contributed by atoms with Crippen molar-refractivity contribution >= 4 is 46.4 Å². The molecule has 19 heavy (non-hydrogen) atoms. The lowest BCUT2D eigenvalue weighted by Gasteiger charge is -2.12. The molecule has 2 rings (SSSR count). The maximum atomic E-state index is 12.0. The first-order valence-corrected chi connectivity index (χ1v) is 6.72. The molecule has 2 nitrogen and oxygen atoms in total. The van der Waals surface area contributed by atoms with Crippen molar-refractivity contribution in [2.45, 2.75) is 5.38 Å². The zero-order valence-electron chi connectivity index (χ0n) is 9.74. The normalized spacial score (nSPS) is 11.9. The summed E-state index contributed by atoms with van der Waals surface area (Å²) in [6, 6.07) is 13.9. The summed E-state index contributed by atoms with van der Waals surface area (Å²) >= 11 is 17.9. The van der Waals surface area contributed by atoms with Crippen molar-refractivity contribution < 1.29 is 4.79 Å². The first-order valence-electron chi connectivity index (χ1n) is 5.53. The van der Waals surface area contributed by atoms with Crippen molar-refractivity contribution in [2.24, 2.45) is 0 Å². The largest absolute Gasteiger partial charge is 0.323 e. The summed E-state index contributed by atoms with van der Waals surface area (Å²) in [4.78, 5) is 12.0. The summed E-state index contributed by atoms with van der Waals surface area (Å²) in [5.74, 6) is -0.336. The Labute approximate surface area is 126 Å². The van der Waals surface area contributed by atoms with Crippen LogP contribution in [0.2, 0.25) is 10.0 Å². The minimum Gasteiger partial charge on any atom is -0.323 e. The minimum atomic E-state index is -0.770. The van der Waals surface area contributed by atoms with Crippen LogP contribution in [0.5, 0.6) is 0 Å². The summed E-state index contributed by atoms with van der Waals surface area (Å²) in [7, 11) is 0. The van der Waals surface area contributed by atoms with Gasteiger partial charge in [0, 0.05) is 5.02 Å². The number of hydrogen-bond donors (Lipinski definition) is 1. The first kappa shape index (κ1) is 14.2. The van der Waals surface area contributed by atoms with Crippen LogP contribution in [0.1, 0.15) is 10.9 Å². The molecule has 0 aliphatic heterocycles. The van der Waals surface area contributed by atoms with Gasteiger partial charge in [-0.05, 0) is 23.8 Å². The van der Waals surface area contributed by atoms with Gasteiger partial charge >= 0.3 is 0 Å². The Morgan fingerprint density at radius 3 is 2.37 bits per heavy atom. The van der Waals surface area contributed by atoms with Crippen LogP contribution < -0.4 is 5.32 Å². The molecule has 0 saturated heterocycles. The Hall–Kier alpha value is -1.22. The van der Waals surface area contributed by atoms with Crippen molar-refractivity contribution in [2.75, 3.05) is 5.32 Å². The monoisotopic (exact) mass is 313 g/mol. The predicted molar refractivity (Wildman–Crippen MR) is 80.1 cm³/mol. The van der Waals surface area contributed by atoms with Crippen molar-refractivity contribution in [3.63, 3.8) is 0 Å². The van der Waals surface area contributed by atoms with Crippen LogP contribution in [0.25, 0.3) is 0 Å². The molecule has 0 saturated carbocycles. The highest BCUT2D eigenvalue weighted by molar-refractivity contribution is 6.37. The number of carbonyl (C=O) groups excluding carboxylic acids is 1. The van der Waals surface area contributed by atoms with E-state index in [0.717, 1.165) is 5.56 Å². The molecule has 0 aliphatic carbocycles. The first-order chi connectivity index (χ1) is 9.08. The molecule has 0 aliphatic rings. The second-order valence-electron chi connectivity index (χ2n) is 3.89. The number of anilines is 1. The van der Waals surface area contributed by atoms with E-state index in [1.54, 1.807) is 30.3 Å². The van der Waals surface area contributed by atoms with Crippen LogP contribution in [-0.2, 0) is 4.79 Å². The number of halogens is 3. The summed E-state index contributed by atoms with van der Waals surface area (Å²) in [6.07, 6.45) is 0. The predicted octanol–water partition coefficient (Wildman–Crippen LogP) is 4.91. The van der Waals surface area contributed by atoms with Crippen LogP contribution in [0.15, 0.2) is 48.5 Å².